The summed E-state index contributed by atoms with van der Waals surface area (Å²) in [5, 5.41) is 0. The van der Waals surface area contributed by atoms with E-state index in [1.807, 2.05) is 18.2 Å². The fraction of sp³-hybridized carbons (Fsp3) is 0.462. The third-order valence-corrected chi connectivity index (χ3v) is 3.84. The van der Waals surface area contributed by atoms with Gasteiger partial charge < -0.3 is 4.90 Å². The average Bonchev–Trinajstić information content (AvgIpc) is 2.57. The average molecular weight is 282 g/mol. The second kappa shape index (κ2) is 4.58. The van der Waals surface area contributed by atoms with Gasteiger partial charge in [0.05, 0.1) is 5.69 Å². The van der Waals surface area contributed by atoms with Crippen molar-refractivity contribution in [3.8, 4) is 0 Å². The lowest BCUT2D eigenvalue weighted by Gasteiger charge is -2.25. The lowest BCUT2D eigenvalue weighted by molar-refractivity contribution is 0.112. The Kier molecular flexibility index (Phi) is 3.33. The van der Waals surface area contributed by atoms with Crippen LogP contribution in [-0.4, -0.2) is 18.9 Å². The molecule has 0 amide bonds. The minimum atomic E-state index is 0.577. The molecule has 2 atom stereocenters. The number of carbonyl (C=O) groups excluding carboxylic acids is 1. The molecule has 1 fully saturated rings. The predicted molar refractivity (Wildman–Crippen MR) is 70.1 cm³/mol. The summed E-state index contributed by atoms with van der Waals surface area (Å²) in [6, 6.07) is 6.37. The van der Waals surface area contributed by atoms with Crippen molar-refractivity contribution in [1.82, 2.24) is 0 Å². The molecule has 0 bridgehead atoms. The first-order valence-corrected chi connectivity index (χ1v) is 6.42. The summed E-state index contributed by atoms with van der Waals surface area (Å²) >= 11 is 3.54. The highest BCUT2D eigenvalue weighted by Gasteiger charge is 2.27. The molecule has 1 aromatic carbocycles. The van der Waals surface area contributed by atoms with E-state index in [2.05, 4.69) is 34.7 Å². The number of anilines is 1. The van der Waals surface area contributed by atoms with Crippen LogP contribution in [0.1, 0.15) is 30.6 Å². The highest BCUT2D eigenvalue weighted by Crippen LogP contribution is 2.34. The van der Waals surface area contributed by atoms with Crippen LogP contribution in [-0.2, 0) is 0 Å². The van der Waals surface area contributed by atoms with Crippen molar-refractivity contribution in [3.05, 3.63) is 28.2 Å². The molecule has 2 nitrogen and oxygen atoms in total. The van der Waals surface area contributed by atoms with Crippen molar-refractivity contribution < 1.29 is 4.79 Å². The molecule has 1 heterocycles. The molecule has 2 rings (SSSR count). The maximum absolute atomic E-state index is 10.7. The number of hydrogen-bond acceptors (Lipinski definition) is 2. The lowest BCUT2D eigenvalue weighted by atomic mass is 10.1. The fourth-order valence-corrected chi connectivity index (χ4v) is 3.09. The number of rotatable bonds is 2. The van der Waals surface area contributed by atoms with Gasteiger partial charge in [0.2, 0.25) is 0 Å². The van der Waals surface area contributed by atoms with Crippen LogP contribution in [0.2, 0.25) is 0 Å². The zero-order valence-electron chi connectivity index (χ0n) is 9.61. The van der Waals surface area contributed by atoms with Gasteiger partial charge in [-0.05, 0) is 53.4 Å². The van der Waals surface area contributed by atoms with Crippen LogP contribution < -0.4 is 4.90 Å². The Morgan fingerprint density at radius 2 is 2.19 bits per heavy atom. The number of carbonyl (C=O) groups is 1. The van der Waals surface area contributed by atoms with E-state index in [0.29, 0.717) is 6.04 Å². The van der Waals surface area contributed by atoms with E-state index >= 15 is 0 Å². The molecule has 1 saturated heterocycles. The smallest absolute Gasteiger partial charge is 0.150 e. The van der Waals surface area contributed by atoms with Crippen molar-refractivity contribution >= 4 is 27.9 Å². The van der Waals surface area contributed by atoms with E-state index in [9.17, 15) is 4.79 Å². The molecule has 1 aromatic rings. The summed E-state index contributed by atoms with van der Waals surface area (Å²) in [7, 11) is 0. The van der Waals surface area contributed by atoms with Gasteiger partial charge in [-0.2, -0.15) is 0 Å². The lowest BCUT2D eigenvalue weighted by Crippen LogP contribution is -2.26. The van der Waals surface area contributed by atoms with Crippen LogP contribution in [0.15, 0.2) is 22.7 Å². The molecular formula is C13H16BrNO. The van der Waals surface area contributed by atoms with Crippen LogP contribution in [0.4, 0.5) is 5.69 Å². The van der Waals surface area contributed by atoms with E-state index < -0.39 is 0 Å². The predicted octanol–water partition coefficient (Wildman–Crippen LogP) is 3.50. The van der Waals surface area contributed by atoms with Crippen molar-refractivity contribution in [2.75, 3.05) is 11.4 Å². The third kappa shape index (κ3) is 2.14. The number of halogens is 1. The van der Waals surface area contributed by atoms with E-state index in [0.717, 1.165) is 28.8 Å². The van der Waals surface area contributed by atoms with Crippen molar-refractivity contribution in [2.45, 2.75) is 26.3 Å². The van der Waals surface area contributed by atoms with Gasteiger partial charge in [0.15, 0.2) is 0 Å². The molecule has 16 heavy (non-hydrogen) atoms. The summed E-state index contributed by atoms with van der Waals surface area (Å²) in [5.74, 6) is 0.743. The first-order valence-electron chi connectivity index (χ1n) is 5.63. The molecule has 1 aliphatic rings. The minimum Gasteiger partial charge on any atom is -0.368 e. The Labute approximate surface area is 105 Å². The van der Waals surface area contributed by atoms with Gasteiger partial charge in [-0.25, -0.2) is 0 Å². The normalized spacial score (nSPS) is 24.8. The number of benzene rings is 1. The topological polar surface area (TPSA) is 20.3 Å². The summed E-state index contributed by atoms with van der Waals surface area (Å²) in [6.07, 6.45) is 2.12. The summed E-state index contributed by atoms with van der Waals surface area (Å²) < 4.78 is 1.01. The summed E-state index contributed by atoms with van der Waals surface area (Å²) in [4.78, 5) is 13.1. The van der Waals surface area contributed by atoms with Crippen LogP contribution in [0.5, 0.6) is 0 Å². The molecule has 1 aliphatic heterocycles. The van der Waals surface area contributed by atoms with E-state index in [-0.39, 0.29) is 0 Å². The molecule has 0 radical (unpaired) electrons. The first-order chi connectivity index (χ1) is 7.61. The van der Waals surface area contributed by atoms with Crippen molar-refractivity contribution in [1.29, 1.82) is 0 Å². The largest absolute Gasteiger partial charge is 0.368 e. The van der Waals surface area contributed by atoms with Gasteiger partial charge in [0.25, 0.3) is 0 Å². The fourth-order valence-electron chi connectivity index (χ4n) is 2.46. The quantitative estimate of drug-likeness (QED) is 0.774. The van der Waals surface area contributed by atoms with Gasteiger partial charge in [0.1, 0.15) is 6.29 Å². The van der Waals surface area contributed by atoms with Crippen LogP contribution in [0.3, 0.4) is 0 Å². The Bertz CT molecular complexity index is 405. The highest BCUT2D eigenvalue weighted by molar-refractivity contribution is 9.10. The molecule has 0 spiro atoms. The second-order valence-corrected chi connectivity index (χ2v) is 5.53. The maximum Gasteiger partial charge on any atom is 0.150 e. The Hall–Kier alpha value is -0.830. The molecule has 3 heteroatoms. The van der Waals surface area contributed by atoms with Crippen LogP contribution in [0, 0.1) is 5.92 Å². The van der Waals surface area contributed by atoms with Gasteiger partial charge in [0, 0.05) is 22.6 Å². The number of hydrogen-bond donors (Lipinski definition) is 0. The SMILES string of the molecule is CC1CC(C)N(c2ccc(C=O)cc2Br)C1. The summed E-state index contributed by atoms with van der Waals surface area (Å²) in [6.45, 7) is 5.63. The maximum atomic E-state index is 10.7. The van der Waals surface area contributed by atoms with Crippen molar-refractivity contribution in [3.63, 3.8) is 0 Å². The zero-order valence-corrected chi connectivity index (χ0v) is 11.2. The monoisotopic (exact) mass is 281 g/mol. The minimum absolute atomic E-state index is 0.577. The third-order valence-electron chi connectivity index (χ3n) is 3.20. The van der Waals surface area contributed by atoms with Gasteiger partial charge in [-0.3, -0.25) is 4.79 Å². The Morgan fingerprint density at radius 1 is 1.44 bits per heavy atom. The number of aldehydes is 1. The number of nitrogens with zero attached hydrogens (tertiary/aromatic N) is 1. The second-order valence-electron chi connectivity index (χ2n) is 4.67. The first kappa shape index (κ1) is 11.6. The van der Waals surface area contributed by atoms with Crippen molar-refractivity contribution in [2.24, 2.45) is 5.92 Å². The van der Waals surface area contributed by atoms with E-state index in [1.165, 1.54) is 12.1 Å². The highest BCUT2D eigenvalue weighted by atomic mass is 79.9. The molecule has 0 aromatic heterocycles. The molecule has 0 N–H and O–H groups in total. The molecule has 0 aliphatic carbocycles. The van der Waals surface area contributed by atoms with Crippen LogP contribution in [0.25, 0.3) is 0 Å². The molecule has 86 valence electrons. The molecular weight excluding hydrogens is 266 g/mol. The summed E-state index contributed by atoms with van der Waals surface area (Å²) in [5.41, 5.74) is 1.91. The molecule has 0 saturated carbocycles. The van der Waals surface area contributed by atoms with Gasteiger partial charge in [-0.1, -0.05) is 6.92 Å². The van der Waals surface area contributed by atoms with E-state index in [4.69, 9.17) is 0 Å². The van der Waals surface area contributed by atoms with Gasteiger partial charge in [-0.15, -0.1) is 0 Å². The zero-order chi connectivity index (χ0) is 11.7. The molecule has 2 unspecified atom stereocenters. The van der Waals surface area contributed by atoms with Crippen LogP contribution >= 0.6 is 15.9 Å². The van der Waals surface area contributed by atoms with E-state index in [1.54, 1.807) is 0 Å². The standard InChI is InChI=1S/C13H16BrNO/c1-9-5-10(2)15(7-9)13-4-3-11(8-16)6-12(13)14/h3-4,6,8-10H,5,7H2,1-2H3. The Balaban J connectivity index is 2.30. The Morgan fingerprint density at radius 3 is 2.69 bits per heavy atom. The van der Waals surface area contributed by atoms with Gasteiger partial charge >= 0.3 is 0 Å².